The molecule has 1 aromatic rings. The van der Waals surface area contributed by atoms with Crippen LogP contribution in [-0.2, 0) is 0 Å². The molecule has 0 saturated carbocycles. The molecule has 0 aromatic carbocycles. The third kappa shape index (κ3) is 2.69. The number of hydrogen-bond donors (Lipinski definition) is 1. The second-order valence-electron chi connectivity index (χ2n) is 5.19. The van der Waals surface area contributed by atoms with Crippen molar-refractivity contribution in [1.82, 2.24) is 15.2 Å². The molecule has 0 radical (unpaired) electrons. The van der Waals surface area contributed by atoms with E-state index in [2.05, 4.69) is 36.0 Å². The van der Waals surface area contributed by atoms with Crippen molar-refractivity contribution in [2.24, 2.45) is 0 Å². The minimum atomic E-state index is 0.235. The molecule has 1 saturated heterocycles. The summed E-state index contributed by atoms with van der Waals surface area (Å²) in [5.74, 6) is 2.31. The normalized spacial score (nSPS) is 23.5. The summed E-state index contributed by atoms with van der Waals surface area (Å²) >= 11 is 0. The molecule has 1 aliphatic rings. The van der Waals surface area contributed by atoms with E-state index >= 15 is 0 Å². The van der Waals surface area contributed by atoms with Gasteiger partial charge in [-0.1, -0.05) is 0 Å². The summed E-state index contributed by atoms with van der Waals surface area (Å²) in [6.45, 7) is 8.80. The van der Waals surface area contributed by atoms with E-state index in [9.17, 15) is 0 Å². The van der Waals surface area contributed by atoms with Gasteiger partial charge in [0.2, 0.25) is 0 Å². The summed E-state index contributed by atoms with van der Waals surface area (Å²) in [5.41, 5.74) is 0. The second kappa shape index (κ2) is 5.19. The van der Waals surface area contributed by atoms with E-state index in [-0.39, 0.29) is 6.04 Å². The highest BCUT2D eigenvalue weighted by molar-refractivity contribution is 5.05. The van der Waals surface area contributed by atoms with E-state index in [0.29, 0.717) is 12.0 Å². The molecule has 0 aliphatic carbocycles. The molecular formula is C13H23N3O. The number of hydrogen-bond acceptors (Lipinski definition) is 4. The van der Waals surface area contributed by atoms with Gasteiger partial charge >= 0.3 is 0 Å². The fraction of sp³-hybridized carbons (Fsp3) is 0.769. The number of oxazole rings is 1. The van der Waals surface area contributed by atoms with Gasteiger partial charge in [0.15, 0.2) is 5.89 Å². The predicted molar refractivity (Wildman–Crippen MR) is 68.0 cm³/mol. The van der Waals surface area contributed by atoms with Crippen molar-refractivity contribution in [3.8, 4) is 0 Å². The van der Waals surface area contributed by atoms with E-state index in [1.54, 1.807) is 0 Å². The Morgan fingerprint density at radius 2 is 2.24 bits per heavy atom. The van der Waals surface area contributed by atoms with E-state index < -0.39 is 0 Å². The zero-order chi connectivity index (χ0) is 12.4. The molecule has 4 nitrogen and oxygen atoms in total. The van der Waals surface area contributed by atoms with Crippen LogP contribution in [-0.4, -0.2) is 36.1 Å². The molecule has 0 bridgehead atoms. The molecule has 1 aromatic heterocycles. The van der Waals surface area contributed by atoms with Gasteiger partial charge in [-0.2, -0.15) is 0 Å². The predicted octanol–water partition coefficient (Wildman–Crippen LogP) is 2.15. The van der Waals surface area contributed by atoms with Crippen molar-refractivity contribution >= 4 is 0 Å². The van der Waals surface area contributed by atoms with Crippen LogP contribution in [0, 0.1) is 0 Å². The van der Waals surface area contributed by atoms with Gasteiger partial charge in [0.25, 0.3) is 0 Å². The molecule has 0 amide bonds. The van der Waals surface area contributed by atoms with E-state index in [1.165, 1.54) is 0 Å². The first kappa shape index (κ1) is 12.6. The smallest absolute Gasteiger partial charge is 0.198 e. The van der Waals surface area contributed by atoms with E-state index in [0.717, 1.165) is 31.2 Å². The maximum atomic E-state index is 5.85. The van der Waals surface area contributed by atoms with Crippen LogP contribution in [0.3, 0.4) is 0 Å². The van der Waals surface area contributed by atoms with Gasteiger partial charge in [-0.15, -0.1) is 0 Å². The van der Waals surface area contributed by atoms with E-state index in [1.807, 2.05) is 13.2 Å². The summed E-state index contributed by atoms with van der Waals surface area (Å²) in [4.78, 5) is 6.91. The number of nitrogens with zero attached hydrogens (tertiary/aromatic N) is 2. The van der Waals surface area contributed by atoms with Crippen LogP contribution in [0.4, 0.5) is 0 Å². The van der Waals surface area contributed by atoms with Crippen molar-refractivity contribution < 1.29 is 4.42 Å². The maximum Gasteiger partial charge on any atom is 0.198 e. The molecule has 2 rings (SSSR count). The minimum Gasteiger partial charge on any atom is -0.444 e. The third-order valence-electron chi connectivity index (χ3n) is 3.70. The lowest BCUT2D eigenvalue weighted by molar-refractivity contribution is 0.267. The summed E-state index contributed by atoms with van der Waals surface area (Å²) in [6, 6.07) is 0.851. The first-order valence-electron chi connectivity index (χ1n) is 6.48. The first-order valence-corrected chi connectivity index (χ1v) is 6.48. The van der Waals surface area contributed by atoms with Crippen molar-refractivity contribution in [2.45, 2.75) is 45.2 Å². The van der Waals surface area contributed by atoms with Crippen LogP contribution in [0.2, 0.25) is 0 Å². The minimum absolute atomic E-state index is 0.235. The van der Waals surface area contributed by atoms with Crippen molar-refractivity contribution in [2.75, 3.05) is 20.1 Å². The van der Waals surface area contributed by atoms with Crippen LogP contribution in [0.15, 0.2) is 10.6 Å². The molecule has 96 valence electrons. The quantitative estimate of drug-likeness (QED) is 0.871. The summed E-state index contributed by atoms with van der Waals surface area (Å²) in [5, 5.41) is 3.17. The number of nitrogens with one attached hydrogen (secondary N) is 1. The summed E-state index contributed by atoms with van der Waals surface area (Å²) < 4.78 is 5.85. The molecule has 0 spiro atoms. The Morgan fingerprint density at radius 1 is 1.47 bits per heavy atom. The van der Waals surface area contributed by atoms with Crippen LogP contribution in [0.25, 0.3) is 0 Å². The van der Waals surface area contributed by atoms with Gasteiger partial charge in [0, 0.05) is 18.5 Å². The zero-order valence-corrected chi connectivity index (χ0v) is 11.2. The number of likely N-dealkylation sites (tertiary alicyclic amines) is 1. The highest BCUT2D eigenvalue weighted by Crippen LogP contribution is 2.29. The van der Waals surface area contributed by atoms with Crippen molar-refractivity contribution in [3.63, 3.8) is 0 Å². The van der Waals surface area contributed by atoms with Crippen LogP contribution < -0.4 is 5.32 Å². The average Bonchev–Trinajstić information content (AvgIpc) is 2.95. The zero-order valence-electron chi connectivity index (χ0n) is 11.2. The molecule has 2 heterocycles. The van der Waals surface area contributed by atoms with Crippen molar-refractivity contribution in [1.29, 1.82) is 0 Å². The lowest BCUT2D eigenvalue weighted by Crippen LogP contribution is -2.27. The van der Waals surface area contributed by atoms with Gasteiger partial charge in [-0.3, -0.25) is 0 Å². The third-order valence-corrected chi connectivity index (χ3v) is 3.70. The lowest BCUT2D eigenvalue weighted by atomic mass is 10.1. The molecule has 2 unspecified atom stereocenters. The molecule has 4 heteroatoms. The highest BCUT2D eigenvalue weighted by Gasteiger charge is 2.29. The molecule has 1 N–H and O–H groups in total. The fourth-order valence-electron chi connectivity index (χ4n) is 2.29. The fourth-order valence-corrected chi connectivity index (χ4v) is 2.29. The van der Waals surface area contributed by atoms with Crippen LogP contribution in [0.5, 0.6) is 0 Å². The Labute approximate surface area is 103 Å². The number of aromatic nitrogens is 1. The van der Waals surface area contributed by atoms with Crippen LogP contribution >= 0.6 is 0 Å². The lowest BCUT2D eigenvalue weighted by Gasteiger charge is -2.19. The van der Waals surface area contributed by atoms with Gasteiger partial charge in [0.1, 0.15) is 5.76 Å². The maximum absolute atomic E-state index is 5.85. The Bertz CT molecular complexity index is 361. The topological polar surface area (TPSA) is 41.3 Å². The Morgan fingerprint density at radius 3 is 2.82 bits per heavy atom. The standard InChI is InChI=1S/C13H23N3O/c1-9(2)16-6-5-11(8-16)13-15-7-12(17-13)10(3)14-4/h7,9-11,14H,5-6,8H2,1-4H3. The summed E-state index contributed by atoms with van der Waals surface area (Å²) in [7, 11) is 1.93. The highest BCUT2D eigenvalue weighted by atomic mass is 16.4. The second-order valence-corrected chi connectivity index (χ2v) is 5.19. The van der Waals surface area contributed by atoms with Crippen molar-refractivity contribution in [3.05, 3.63) is 17.8 Å². The molecule has 2 atom stereocenters. The monoisotopic (exact) mass is 237 g/mol. The summed E-state index contributed by atoms with van der Waals surface area (Å²) in [6.07, 6.45) is 3.01. The van der Waals surface area contributed by atoms with Gasteiger partial charge < -0.3 is 14.6 Å². The Balaban J connectivity index is 2.02. The van der Waals surface area contributed by atoms with E-state index in [4.69, 9.17) is 4.42 Å². The molecule has 17 heavy (non-hydrogen) atoms. The average molecular weight is 237 g/mol. The SMILES string of the molecule is CNC(C)c1cnc(C2CCN(C(C)C)C2)o1. The van der Waals surface area contributed by atoms with Crippen LogP contribution in [0.1, 0.15) is 50.8 Å². The molecular weight excluding hydrogens is 214 g/mol. The van der Waals surface area contributed by atoms with Gasteiger partial charge in [-0.25, -0.2) is 4.98 Å². The Kier molecular flexibility index (Phi) is 3.84. The van der Waals surface area contributed by atoms with Gasteiger partial charge in [-0.05, 0) is 40.8 Å². The molecule has 1 aliphatic heterocycles. The van der Waals surface area contributed by atoms with Gasteiger partial charge in [0.05, 0.1) is 12.2 Å². The molecule has 1 fully saturated rings. The Hall–Kier alpha value is -0.870. The largest absolute Gasteiger partial charge is 0.444 e. The first-order chi connectivity index (χ1) is 8.11. The number of rotatable bonds is 4.